The predicted molar refractivity (Wildman–Crippen MR) is 94.2 cm³/mol. The molecule has 2 nitrogen and oxygen atoms in total. The molecular formula is C21H30F2O2. The molecule has 1 aromatic carbocycles. The van der Waals surface area contributed by atoms with Crippen LogP contribution in [0.1, 0.15) is 69.8 Å². The highest BCUT2D eigenvalue weighted by atomic mass is 19.1. The maximum Gasteiger partial charge on any atom is 0.184 e. The quantitative estimate of drug-likeness (QED) is 0.667. The lowest BCUT2D eigenvalue weighted by atomic mass is 9.75. The summed E-state index contributed by atoms with van der Waals surface area (Å²) in [5, 5.41) is 0. The minimum Gasteiger partial charge on any atom is -0.348 e. The summed E-state index contributed by atoms with van der Waals surface area (Å²) >= 11 is 0. The first kappa shape index (κ1) is 18.8. The zero-order valence-corrected chi connectivity index (χ0v) is 15.4. The SMILES string of the molecule is CCCC1CCC(C2COC(c3cc(F)c(CC)c(F)c3)OC2)CC1. The van der Waals surface area contributed by atoms with Crippen LogP contribution in [0, 0.1) is 29.4 Å². The summed E-state index contributed by atoms with van der Waals surface area (Å²) in [4.78, 5) is 0. The molecule has 1 aliphatic carbocycles. The van der Waals surface area contributed by atoms with Gasteiger partial charge in [0.2, 0.25) is 0 Å². The number of halogens is 2. The van der Waals surface area contributed by atoms with Crippen LogP contribution in [0.4, 0.5) is 8.78 Å². The Morgan fingerprint density at radius 2 is 1.52 bits per heavy atom. The molecule has 140 valence electrons. The van der Waals surface area contributed by atoms with Crippen molar-refractivity contribution in [3.8, 4) is 0 Å². The summed E-state index contributed by atoms with van der Waals surface area (Å²) in [6.07, 6.45) is 7.44. The molecule has 1 saturated carbocycles. The average molecular weight is 352 g/mol. The zero-order chi connectivity index (χ0) is 17.8. The lowest BCUT2D eigenvalue weighted by Crippen LogP contribution is -2.34. The molecule has 0 unspecified atom stereocenters. The third-order valence-corrected chi connectivity index (χ3v) is 5.97. The molecular weight excluding hydrogens is 322 g/mol. The van der Waals surface area contributed by atoms with Gasteiger partial charge in [0.05, 0.1) is 13.2 Å². The van der Waals surface area contributed by atoms with Crippen LogP contribution in [0.3, 0.4) is 0 Å². The van der Waals surface area contributed by atoms with E-state index in [0.717, 1.165) is 5.92 Å². The molecule has 1 aromatic rings. The van der Waals surface area contributed by atoms with Crippen LogP contribution in [0.5, 0.6) is 0 Å². The largest absolute Gasteiger partial charge is 0.348 e. The van der Waals surface area contributed by atoms with Gasteiger partial charge >= 0.3 is 0 Å². The summed E-state index contributed by atoms with van der Waals surface area (Å²) in [6.45, 7) is 5.24. The van der Waals surface area contributed by atoms with Gasteiger partial charge in [-0.25, -0.2) is 8.78 Å². The minimum atomic E-state index is -0.650. The van der Waals surface area contributed by atoms with Crippen molar-refractivity contribution in [2.24, 2.45) is 17.8 Å². The monoisotopic (exact) mass is 352 g/mol. The Morgan fingerprint density at radius 3 is 2.04 bits per heavy atom. The van der Waals surface area contributed by atoms with Crippen molar-refractivity contribution in [1.29, 1.82) is 0 Å². The molecule has 2 aliphatic rings. The Bertz CT molecular complexity index is 536. The second kappa shape index (κ2) is 8.59. The zero-order valence-electron chi connectivity index (χ0n) is 15.4. The van der Waals surface area contributed by atoms with E-state index >= 15 is 0 Å². The summed E-state index contributed by atoms with van der Waals surface area (Å²) in [6, 6.07) is 2.70. The molecule has 1 aliphatic heterocycles. The van der Waals surface area contributed by atoms with Crippen LogP contribution in [0.2, 0.25) is 0 Å². The molecule has 0 atom stereocenters. The third-order valence-electron chi connectivity index (χ3n) is 5.97. The van der Waals surface area contributed by atoms with Gasteiger partial charge in [-0.1, -0.05) is 39.5 Å². The first-order chi connectivity index (χ1) is 12.1. The second-order valence-electron chi connectivity index (χ2n) is 7.64. The molecule has 3 rings (SSSR count). The molecule has 0 bridgehead atoms. The standard InChI is InChI=1S/C21H30F2O2/c1-3-5-14-6-8-15(9-7-14)17-12-24-21(25-13-17)16-10-19(22)18(4-2)20(23)11-16/h10-11,14-15,17,21H,3-9,12-13H2,1-2H3. The molecule has 1 saturated heterocycles. The van der Waals surface area contributed by atoms with Crippen molar-refractivity contribution in [2.45, 2.75) is 65.1 Å². The van der Waals surface area contributed by atoms with Crippen LogP contribution < -0.4 is 0 Å². The summed E-state index contributed by atoms with van der Waals surface area (Å²) in [7, 11) is 0. The van der Waals surface area contributed by atoms with Crippen LogP contribution in [-0.4, -0.2) is 13.2 Å². The number of hydrogen-bond donors (Lipinski definition) is 0. The van der Waals surface area contributed by atoms with E-state index in [2.05, 4.69) is 6.92 Å². The van der Waals surface area contributed by atoms with Crippen LogP contribution in [-0.2, 0) is 15.9 Å². The van der Waals surface area contributed by atoms with Gasteiger partial charge in [0, 0.05) is 17.0 Å². The van der Waals surface area contributed by atoms with E-state index in [0.29, 0.717) is 37.0 Å². The molecule has 2 fully saturated rings. The predicted octanol–water partition coefficient (Wildman–Crippen LogP) is 5.80. The van der Waals surface area contributed by atoms with Gasteiger partial charge < -0.3 is 9.47 Å². The van der Waals surface area contributed by atoms with Crippen molar-refractivity contribution in [2.75, 3.05) is 13.2 Å². The fourth-order valence-electron chi connectivity index (χ4n) is 4.44. The van der Waals surface area contributed by atoms with Gasteiger partial charge in [-0.3, -0.25) is 0 Å². The summed E-state index contributed by atoms with van der Waals surface area (Å²) < 4.78 is 39.6. The van der Waals surface area contributed by atoms with E-state index in [1.54, 1.807) is 6.92 Å². The minimum absolute atomic E-state index is 0.126. The Labute approximate surface area is 149 Å². The number of rotatable bonds is 5. The van der Waals surface area contributed by atoms with Crippen molar-refractivity contribution in [3.05, 3.63) is 34.9 Å². The lowest BCUT2D eigenvalue weighted by Gasteiger charge is -2.37. The topological polar surface area (TPSA) is 18.5 Å². The van der Waals surface area contributed by atoms with Crippen molar-refractivity contribution < 1.29 is 18.3 Å². The molecule has 4 heteroatoms. The normalized spacial score (nSPS) is 30.4. The van der Waals surface area contributed by atoms with Crippen LogP contribution in [0.25, 0.3) is 0 Å². The van der Waals surface area contributed by atoms with E-state index in [4.69, 9.17) is 9.47 Å². The fraction of sp³-hybridized carbons (Fsp3) is 0.714. The highest BCUT2D eigenvalue weighted by Crippen LogP contribution is 2.38. The number of ether oxygens (including phenoxy) is 2. The van der Waals surface area contributed by atoms with E-state index in [1.165, 1.54) is 50.7 Å². The van der Waals surface area contributed by atoms with Gasteiger partial charge in [0.25, 0.3) is 0 Å². The number of benzene rings is 1. The Hall–Kier alpha value is -1.00. The summed E-state index contributed by atoms with van der Waals surface area (Å²) in [5.41, 5.74) is 0.568. The van der Waals surface area contributed by atoms with Crippen molar-refractivity contribution in [1.82, 2.24) is 0 Å². The first-order valence-electron chi connectivity index (χ1n) is 9.83. The molecule has 0 aromatic heterocycles. The van der Waals surface area contributed by atoms with E-state index in [1.807, 2.05) is 0 Å². The van der Waals surface area contributed by atoms with E-state index in [-0.39, 0.29) is 5.56 Å². The smallest absolute Gasteiger partial charge is 0.184 e. The second-order valence-corrected chi connectivity index (χ2v) is 7.64. The molecule has 1 heterocycles. The Morgan fingerprint density at radius 1 is 0.920 bits per heavy atom. The third kappa shape index (κ3) is 4.40. The molecule has 0 amide bonds. The Balaban J connectivity index is 1.54. The summed E-state index contributed by atoms with van der Waals surface area (Å²) in [5.74, 6) is 0.929. The molecule has 25 heavy (non-hydrogen) atoms. The van der Waals surface area contributed by atoms with E-state index < -0.39 is 17.9 Å². The maximum atomic E-state index is 14.0. The molecule has 0 N–H and O–H groups in total. The fourth-order valence-corrected chi connectivity index (χ4v) is 4.44. The van der Waals surface area contributed by atoms with Gasteiger partial charge in [0.1, 0.15) is 11.6 Å². The first-order valence-corrected chi connectivity index (χ1v) is 9.83. The van der Waals surface area contributed by atoms with Gasteiger partial charge in [0.15, 0.2) is 6.29 Å². The Kier molecular flexibility index (Phi) is 6.45. The van der Waals surface area contributed by atoms with Gasteiger partial charge in [-0.15, -0.1) is 0 Å². The molecule has 0 radical (unpaired) electrons. The highest BCUT2D eigenvalue weighted by molar-refractivity contribution is 5.27. The van der Waals surface area contributed by atoms with Crippen molar-refractivity contribution >= 4 is 0 Å². The van der Waals surface area contributed by atoms with E-state index in [9.17, 15) is 8.78 Å². The highest BCUT2D eigenvalue weighted by Gasteiger charge is 2.32. The average Bonchev–Trinajstić information content (AvgIpc) is 2.62. The molecule has 0 spiro atoms. The number of hydrogen-bond acceptors (Lipinski definition) is 2. The van der Waals surface area contributed by atoms with Crippen molar-refractivity contribution in [3.63, 3.8) is 0 Å². The van der Waals surface area contributed by atoms with Gasteiger partial charge in [-0.05, 0) is 43.2 Å². The van der Waals surface area contributed by atoms with Crippen LogP contribution >= 0.6 is 0 Å². The van der Waals surface area contributed by atoms with Crippen LogP contribution in [0.15, 0.2) is 12.1 Å². The maximum absolute atomic E-state index is 14.0. The van der Waals surface area contributed by atoms with Gasteiger partial charge in [-0.2, -0.15) is 0 Å². The lowest BCUT2D eigenvalue weighted by molar-refractivity contribution is -0.215.